The van der Waals surface area contributed by atoms with Crippen molar-refractivity contribution in [3.05, 3.63) is 65.2 Å². The zero-order valence-electron chi connectivity index (χ0n) is 15.2. The molecule has 1 N–H and O–H groups in total. The van der Waals surface area contributed by atoms with E-state index >= 15 is 0 Å². The maximum Gasteiger partial charge on any atom is 0.251 e. The lowest BCUT2D eigenvalue weighted by molar-refractivity contribution is 0.0826. The van der Waals surface area contributed by atoms with E-state index < -0.39 is 0 Å². The molecule has 0 unspecified atom stereocenters. The molecule has 4 heteroatoms. The Morgan fingerprint density at radius 3 is 2.68 bits per heavy atom. The summed E-state index contributed by atoms with van der Waals surface area (Å²) in [6.07, 6.45) is 1.06. The van der Waals surface area contributed by atoms with Gasteiger partial charge in [0.2, 0.25) is 0 Å². The Morgan fingerprint density at radius 2 is 1.92 bits per heavy atom. The van der Waals surface area contributed by atoms with Gasteiger partial charge in [-0.05, 0) is 49.6 Å². The fourth-order valence-electron chi connectivity index (χ4n) is 3.29. The molecule has 0 atom stereocenters. The summed E-state index contributed by atoms with van der Waals surface area (Å²) in [5, 5.41) is 3.08. The normalized spacial score (nSPS) is 14.7. The van der Waals surface area contributed by atoms with Crippen LogP contribution in [-0.2, 0) is 13.0 Å². The summed E-state index contributed by atoms with van der Waals surface area (Å²) in [5.74, 6) is 0.629. The number of nitrogens with zero attached hydrogens (tertiary/aromatic N) is 1. The Morgan fingerprint density at radius 1 is 1.16 bits per heavy atom. The maximum absolute atomic E-state index is 12.5. The van der Waals surface area contributed by atoms with Crippen LogP contribution in [-0.4, -0.2) is 36.5 Å². The summed E-state index contributed by atoms with van der Waals surface area (Å²) in [7, 11) is 1.61. The fraction of sp³-hybridized carbons (Fsp3) is 0.381. The molecule has 0 saturated carbocycles. The van der Waals surface area contributed by atoms with Crippen LogP contribution in [0.2, 0.25) is 0 Å². The molecular formula is C21H26N2O2. The molecule has 1 aliphatic heterocycles. The summed E-state index contributed by atoms with van der Waals surface area (Å²) in [5.41, 5.74) is 3.34. The van der Waals surface area contributed by atoms with Crippen molar-refractivity contribution in [2.45, 2.75) is 32.4 Å². The number of nitrogens with one attached hydrogen (secondary N) is 1. The number of carbonyl (C=O) groups excluding carboxylic acids is 1. The lowest BCUT2D eigenvalue weighted by Crippen LogP contribution is -2.53. The van der Waals surface area contributed by atoms with Crippen molar-refractivity contribution in [2.24, 2.45) is 0 Å². The van der Waals surface area contributed by atoms with E-state index in [1.54, 1.807) is 13.2 Å². The molecule has 1 amide bonds. The van der Waals surface area contributed by atoms with Gasteiger partial charge in [-0.25, -0.2) is 0 Å². The molecule has 0 spiro atoms. The minimum absolute atomic E-state index is 0.0654. The van der Waals surface area contributed by atoms with Gasteiger partial charge in [0.05, 0.1) is 7.11 Å². The van der Waals surface area contributed by atoms with Gasteiger partial charge in [-0.2, -0.15) is 0 Å². The average Bonchev–Trinajstić information content (AvgIpc) is 2.65. The second-order valence-electron chi connectivity index (χ2n) is 7.17. The summed E-state index contributed by atoms with van der Waals surface area (Å²) in [4.78, 5) is 14.9. The highest BCUT2D eigenvalue weighted by molar-refractivity contribution is 5.94. The highest BCUT2D eigenvalue weighted by Crippen LogP contribution is 2.25. The van der Waals surface area contributed by atoms with E-state index in [0.717, 1.165) is 19.5 Å². The number of carbonyl (C=O) groups is 1. The number of rotatable bonds is 5. The van der Waals surface area contributed by atoms with Gasteiger partial charge in [0.15, 0.2) is 0 Å². The van der Waals surface area contributed by atoms with Crippen LogP contribution in [0.15, 0.2) is 48.5 Å². The van der Waals surface area contributed by atoms with E-state index in [4.69, 9.17) is 4.74 Å². The summed E-state index contributed by atoms with van der Waals surface area (Å²) >= 11 is 0. The number of fused-ring (bicyclic) bond motifs is 1. The van der Waals surface area contributed by atoms with E-state index in [-0.39, 0.29) is 11.4 Å². The molecule has 1 heterocycles. The van der Waals surface area contributed by atoms with Gasteiger partial charge >= 0.3 is 0 Å². The SMILES string of the molecule is COc1cccc(C(=O)NCC(C)(C)N2CCc3ccccc3C2)c1. The molecule has 3 rings (SSSR count). The van der Waals surface area contributed by atoms with E-state index in [0.29, 0.717) is 17.9 Å². The molecule has 0 bridgehead atoms. The van der Waals surface area contributed by atoms with Crippen LogP contribution in [0.4, 0.5) is 0 Å². The predicted molar refractivity (Wildman–Crippen MR) is 100.0 cm³/mol. The van der Waals surface area contributed by atoms with Crippen molar-refractivity contribution in [1.82, 2.24) is 10.2 Å². The molecule has 4 nitrogen and oxygen atoms in total. The van der Waals surface area contributed by atoms with E-state index in [9.17, 15) is 4.79 Å². The lowest BCUT2D eigenvalue weighted by Gasteiger charge is -2.41. The molecule has 0 radical (unpaired) electrons. The Kier molecular flexibility index (Phi) is 5.09. The van der Waals surface area contributed by atoms with E-state index in [2.05, 4.69) is 48.3 Å². The van der Waals surface area contributed by atoms with Crippen molar-refractivity contribution in [3.8, 4) is 5.75 Å². The van der Waals surface area contributed by atoms with Gasteiger partial charge in [-0.3, -0.25) is 9.69 Å². The highest BCUT2D eigenvalue weighted by Gasteiger charge is 2.30. The number of methoxy groups -OCH3 is 1. The van der Waals surface area contributed by atoms with Crippen molar-refractivity contribution in [3.63, 3.8) is 0 Å². The second-order valence-corrected chi connectivity index (χ2v) is 7.17. The molecule has 132 valence electrons. The third kappa shape index (κ3) is 4.02. The lowest BCUT2D eigenvalue weighted by atomic mass is 9.94. The highest BCUT2D eigenvalue weighted by atomic mass is 16.5. The third-order valence-electron chi connectivity index (χ3n) is 5.00. The second kappa shape index (κ2) is 7.28. The van der Waals surface area contributed by atoms with Crippen LogP contribution in [0.25, 0.3) is 0 Å². The molecule has 0 fully saturated rings. The number of benzene rings is 2. The van der Waals surface area contributed by atoms with Gasteiger partial charge in [-0.1, -0.05) is 30.3 Å². The molecule has 0 aliphatic carbocycles. The molecule has 2 aromatic carbocycles. The van der Waals surface area contributed by atoms with Crippen LogP contribution in [0, 0.1) is 0 Å². The largest absolute Gasteiger partial charge is 0.497 e. The van der Waals surface area contributed by atoms with Gasteiger partial charge in [0.25, 0.3) is 5.91 Å². The smallest absolute Gasteiger partial charge is 0.251 e. The van der Waals surface area contributed by atoms with Crippen molar-refractivity contribution < 1.29 is 9.53 Å². The van der Waals surface area contributed by atoms with Crippen LogP contribution in [0.5, 0.6) is 5.75 Å². The maximum atomic E-state index is 12.5. The van der Waals surface area contributed by atoms with Gasteiger partial charge in [0, 0.05) is 30.7 Å². The van der Waals surface area contributed by atoms with Crippen LogP contribution in [0.3, 0.4) is 0 Å². The van der Waals surface area contributed by atoms with Gasteiger partial charge in [-0.15, -0.1) is 0 Å². The van der Waals surface area contributed by atoms with Crippen LogP contribution in [0.1, 0.15) is 35.3 Å². The number of ether oxygens (including phenoxy) is 1. The zero-order chi connectivity index (χ0) is 17.9. The molecule has 25 heavy (non-hydrogen) atoms. The van der Waals surface area contributed by atoms with Crippen molar-refractivity contribution in [1.29, 1.82) is 0 Å². The Labute approximate surface area is 149 Å². The first-order chi connectivity index (χ1) is 12.0. The Bertz CT molecular complexity index is 755. The van der Waals surface area contributed by atoms with E-state index in [1.165, 1.54) is 11.1 Å². The van der Waals surface area contributed by atoms with Gasteiger partial charge < -0.3 is 10.1 Å². The monoisotopic (exact) mass is 338 g/mol. The fourth-order valence-corrected chi connectivity index (χ4v) is 3.29. The molecule has 0 aromatic heterocycles. The quantitative estimate of drug-likeness (QED) is 0.910. The first-order valence-corrected chi connectivity index (χ1v) is 8.74. The van der Waals surface area contributed by atoms with Crippen LogP contribution >= 0.6 is 0 Å². The Hall–Kier alpha value is -2.33. The van der Waals surface area contributed by atoms with Crippen molar-refractivity contribution in [2.75, 3.05) is 20.2 Å². The first-order valence-electron chi connectivity index (χ1n) is 8.74. The van der Waals surface area contributed by atoms with Crippen LogP contribution < -0.4 is 10.1 Å². The minimum Gasteiger partial charge on any atom is -0.497 e. The Balaban J connectivity index is 1.63. The molecular weight excluding hydrogens is 312 g/mol. The number of hydrogen-bond acceptors (Lipinski definition) is 3. The first kappa shape index (κ1) is 17.5. The van der Waals surface area contributed by atoms with Gasteiger partial charge in [0.1, 0.15) is 5.75 Å². The minimum atomic E-state index is -0.109. The molecule has 0 saturated heterocycles. The standard InChI is InChI=1S/C21H26N2O2/c1-21(2,23-12-11-16-7-4-5-8-18(16)14-23)15-22-20(24)17-9-6-10-19(13-17)25-3/h4-10,13H,11-12,14-15H2,1-3H3,(H,22,24). The summed E-state index contributed by atoms with van der Waals surface area (Å²) < 4.78 is 5.19. The van der Waals surface area contributed by atoms with E-state index in [1.807, 2.05) is 18.2 Å². The number of hydrogen-bond donors (Lipinski definition) is 1. The third-order valence-corrected chi connectivity index (χ3v) is 5.00. The zero-order valence-corrected chi connectivity index (χ0v) is 15.2. The topological polar surface area (TPSA) is 41.6 Å². The summed E-state index contributed by atoms with van der Waals surface area (Å²) in [6.45, 7) is 6.92. The van der Waals surface area contributed by atoms with Crippen molar-refractivity contribution >= 4 is 5.91 Å². The number of amides is 1. The predicted octanol–water partition coefficient (Wildman–Crippen LogP) is 3.26. The molecule has 2 aromatic rings. The molecule has 1 aliphatic rings. The summed E-state index contributed by atoms with van der Waals surface area (Å²) in [6, 6.07) is 15.9. The average molecular weight is 338 g/mol.